The number of amides is 1. The van der Waals surface area contributed by atoms with E-state index in [4.69, 9.17) is 5.73 Å². The Morgan fingerprint density at radius 1 is 1.43 bits per heavy atom. The molecular weight excluding hydrogens is 264 g/mol. The number of pyridine rings is 1. The molecule has 1 aliphatic rings. The summed E-state index contributed by atoms with van der Waals surface area (Å²) in [6.07, 6.45) is 3.48. The monoisotopic (exact) mass is 284 g/mol. The van der Waals surface area contributed by atoms with Crippen molar-refractivity contribution in [1.29, 1.82) is 0 Å². The average molecular weight is 284 g/mol. The summed E-state index contributed by atoms with van der Waals surface area (Å²) >= 11 is 0. The Morgan fingerprint density at radius 2 is 2.29 bits per heavy atom. The third kappa shape index (κ3) is 3.13. The molecule has 0 spiro atoms. The fourth-order valence-corrected chi connectivity index (χ4v) is 2.81. The van der Waals surface area contributed by atoms with Crippen LogP contribution in [0.25, 0.3) is 10.9 Å². The SMILES string of the molecule is NC(=O)c1cc2ccccc2nc1NCCC1CCCN1. The minimum absolute atomic E-state index is 0.449. The van der Waals surface area contributed by atoms with Crippen molar-refractivity contribution in [2.75, 3.05) is 18.4 Å². The Kier molecular flexibility index (Phi) is 4.01. The van der Waals surface area contributed by atoms with Gasteiger partial charge < -0.3 is 16.4 Å². The predicted octanol–water partition coefficient (Wildman–Crippen LogP) is 1.89. The van der Waals surface area contributed by atoms with Crippen molar-refractivity contribution < 1.29 is 4.79 Å². The van der Waals surface area contributed by atoms with Crippen LogP contribution < -0.4 is 16.4 Å². The van der Waals surface area contributed by atoms with Gasteiger partial charge >= 0.3 is 0 Å². The zero-order chi connectivity index (χ0) is 14.7. The number of benzene rings is 1. The number of rotatable bonds is 5. The molecule has 0 saturated carbocycles. The molecule has 2 heterocycles. The van der Waals surface area contributed by atoms with E-state index in [1.165, 1.54) is 12.8 Å². The van der Waals surface area contributed by atoms with Crippen LogP contribution in [0.2, 0.25) is 0 Å². The number of carbonyl (C=O) groups excluding carboxylic acids is 1. The van der Waals surface area contributed by atoms with Crippen molar-refractivity contribution in [2.24, 2.45) is 5.73 Å². The minimum atomic E-state index is -0.449. The van der Waals surface area contributed by atoms with E-state index in [0.717, 1.165) is 30.4 Å². The van der Waals surface area contributed by atoms with Crippen LogP contribution in [0.5, 0.6) is 0 Å². The Bertz CT molecular complexity index is 650. The zero-order valence-corrected chi connectivity index (χ0v) is 11.9. The van der Waals surface area contributed by atoms with Gasteiger partial charge in [-0.1, -0.05) is 18.2 Å². The molecule has 21 heavy (non-hydrogen) atoms. The van der Waals surface area contributed by atoms with Gasteiger partial charge in [-0.25, -0.2) is 4.98 Å². The fraction of sp³-hybridized carbons (Fsp3) is 0.375. The first-order valence-corrected chi connectivity index (χ1v) is 7.41. The summed E-state index contributed by atoms with van der Waals surface area (Å²) < 4.78 is 0. The lowest BCUT2D eigenvalue weighted by Crippen LogP contribution is -2.25. The number of hydrogen-bond acceptors (Lipinski definition) is 4. The van der Waals surface area contributed by atoms with Crippen LogP contribution in [0.15, 0.2) is 30.3 Å². The van der Waals surface area contributed by atoms with Gasteiger partial charge in [-0.05, 0) is 37.9 Å². The molecule has 1 fully saturated rings. The van der Waals surface area contributed by atoms with E-state index in [0.29, 0.717) is 17.4 Å². The first-order valence-electron chi connectivity index (χ1n) is 7.41. The van der Waals surface area contributed by atoms with Crippen LogP contribution in [0.1, 0.15) is 29.6 Å². The number of primary amides is 1. The highest BCUT2D eigenvalue weighted by molar-refractivity contribution is 6.01. The molecule has 3 rings (SSSR count). The Hall–Kier alpha value is -2.14. The highest BCUT2D eigenvalue weighted by Crippen LogP contribution is 2.20. The van der Waals surface area contributed by atoms with Crippen LogP contribution >= 0.6 is 0 Å². The van der Waals surface area contributed by atoms with Crippen LogP contribution in [-0.4, -0.2) is 30.0 Å². The molecule has 1 saturated heterocycles. The highest BCUT2D eigenvalue weighted by atomic mass is 16.1. The highest BCUT2D eigenvalue weighted by Gasteiger charge is 2.15. The van der Waals surface area contributed by atoms with Crippen molar-refractivity contribution in [1.82, 2.24) is 10.3 Å². The number of aromatic nitrogens is 1. The van der Waals surface area contributed by atoms with E-state index < -0.39 is 5.91 Å². The second-order valence-corrected chi connectivity index (χ2v) is 5.45. The summed E-state index contributed by atoms with van der Waals surface area (Å²) in [4.78, 5) is 16.1. The lowest BCUT2D eigenvalue weighted by molar-refractivity contribution is 0.100. The molecule has 5 heteroatoms. The van der Waals surface area contributed by atoms with Crippen molar-refractivity contribution in [3.8, 4) is 0 Å². The molecule has 0 radical (unpaired) electrons. The maximum Gasteiger partial charge on any atom is 0.252 e. The van der Waals surface area contributed by atoms with Crippen LogP contribution in [-0.2, 0) is 0 Å². The lowest BCUT2D eigenvalue weighted by atomic mass is 10.1. The summed E-state index contributed by atoms with van der Waals surface area (Å²) in [5.41, 5.74) is 6.78. The summed E-state index contributed by atoms with van der Waals surface area (Å²) in [6, 6.07) is 10.1. The topological polar surface area (TPSA) is 80.0 Å². The number of nitrogens with one attached hydrogen (secondary N) is 2. The number of fused-ring (bicyclic) bond motifs is 1. The Labute approximate surface area is 123 Å². The molecular formula is C16H20N4O. The van der Waals surface area contributed by atoms with Crippen molar-refractivity contribution in [3.05, 3.63) is 35.9 Å². The van der Waals surface area contributed by atoms with E-state index in [9.17, 15) is 4.79 Å². The van der Waals surface area contributed by atoms with Gasteiger partial charge in [0.25, 0.3) is 5.91 Å². The maximum atomic E-state index is 11.6. The van der Waals surface area contributed by atoms with Crippen LogP contribution in [0.4, 0.5) is 5.82 Å². The number of hydrogen-bond donors (Lipinski definition) is 3. The molecule has 1 atom stereocenters. The number of nitrogens with two attached hydrogens (primary N) is 1. The molecule has 110 valence electrons. The summed E-state index contributed by atoms with van der Waals surface area (Å²) in [5.74, 6) is 0.133. The third-order valence-corrected chi connectivity index (χ3v) is 3.94. The molecule has 1 aromatic heterocycles. The van der Waals surface area contributed by atoms with Gasteiger partial charge in [0.2, 0.25) is 0 Å². The van der Waals surface area contributed by atoms with Gasteiger partial charge in [0.15, 0.2) is 0 Å². The van der Waals surface area contributed by atoms with E-state index in [2.05, 4.69) is 15.6 Å². The molecule has 1 aromatic carbocycles. The van der Waals surface area contributed by atoms with E-state index in [1.807, 2.05) is 24.3 Å². The second kappa shape index (κ2) is 6.10. The minimum Gasteiger partial charge on any atom is -0.369 e. The van der Waals surface area contributed by atoms with E-state index in [1.54, 1.807) is 6.07 Å². The molecule has 1 amide bonds. The predicted molar refractivity (Wildman–Crippen MR) is 84.4 cm³/mol. The molecule has 0 aliphatic carbocycles. The quantitative estimate of drug-likeness (QED) is 0.783. The number of nitrogens with zero attached hydrogens (tertiary/aromatic N) is 1. The van der Waals surface area contributed by atoms with Crippen molar-refractivity contribution >= 4 is 22.6 Å². The first kappa shape index (κ1) is 13.8. The standard InChI is InChI=1S/C16H20N4O/c17-15(21)13-10-11-4-1-2-6-14(11)20-16(13)19-9-7-12-5-3-8-18-12/h1-2,4,6,10,12,18H,3,5,7-9H2,(H2,17,21)(H,19,20). The van der Waals surface area contributed by atoms with E-state index >= 15 is 0 Å². The van der Waals surface area contributed by atoms with Crippen LogP contribution in [0.3, 0.4) is 0 Å². The molecule has 1 unspecified atom stereocenters. The molecule has 0 bridgehead atoms. The van der Waals surface area contributed by atoms with Gasteiger partial charge in [-0.15, -0.1) is 0 Å². The van der Waals surface area contributed by atoms with Gasteiger partial charge in [0, 0.05) is 18.0 Å². The molecule has 5 nitrogen and oxygen atoms in total. The molecule has 1 aliphatic heterocycles. The Balaban J connectivity index is 1.78. The van der Waals surface area contributed by atoms with Gasteiger partial charge in [-0.2, -0.15) is 0 Å². The van der Waals surface area contributed by atoms with Crippen molar-refractivity contribution in [3.63, 3.8) is 0 Å². The smallest absolute Gasteiger partial charge is 0.252 e. The second-order valence-electron chi connectivity index (χ2n) is 5.45. The molecule has 2 aromatic rings. The number of carbonyl (C=O) groups is 1. The van der Waals surface area contributed by atoms with Crippen molar-refractivity contribution in [2.45, 2.75) is 25.3 Å². The molecule has 4 N–H and O–H groups in total. The van der Waals surface area contributed by atoms with Gasteiger partial charge in [0.05, 0.1) is 11.1 Å². The average Bonchev–Trinajstić information content (AvgIpc) is 2.99. The maximum absolute atomic E-state index is 11.6. The lowest BCUT2D eigenvalue weighted by Gasteiger charge is -2.13. The largest absolute Gasteiger partial charge is 0.369 e. The zero-order valence-electron chi connectivity index (χ0n) is 11.9. The van der Waals surface area contributed by atoms with E-state index in [-0.39, 0.29) is 0 Å². The Morgan fingerprint density at radius 3 is 3.05 bits per heavy atom. The fourth-order valence-electron chi connectivity index (χ4n) is 2.81. The normalized spacial score (nSPS) is 18.0. The van der Waals surface area contributed by atoms with Crippen LogP contribution in [0, 0.1) is 0 Å². The van der Waals surface area contributed by atoms with Gasteiger partial charge in [-0.3, -0.25) is 4.79 Å². The first-order chi connectivity index (χ1) is 10.2. The number of para-hydroxylation sites is 1. The number of anilines is 1. The third-order valence-electron chi connectivity index (χ3n) is 3.94. The summed E-state index contributed by atoms with van der Waals surface area (Å²) in [5, 5.41) is 7.64. The summed E-state index contributed by atoms with van der Waals surface area (Å²) in [7, 11) is 0. The summed E-state index contributed by atoms with van der Waals surface area (Å²) in [6.45, 7) is 1.88. The van der Waals surface area contributed by atoms with Gasteiger partial charge in [0.1, 0.15) is 5.82 Å².